The molecule has 0 radical (unpaired) electrons. The van der Waals surface area contributed by atoms with Gasteiger partial charge in [-0.05, 0) is 49.6 Å². The van der Waals surface area contributed by atoms with Crippen molar-refractivity contribution in [3.63, 3.8) is 0 Å². The minimum atomic E-state index is -0.382. The number of nitrogens with zero attached hydrogens (tertiary/aromatic N) is 1. The summed E-state index contributed by atoms with van der Waals surface area (Å²) in [5.74, 6) is 0.828. The second-order valence-electron chi connectivity index (χ2n) is 7.46. The molecule has 4 rings (SSSR count). The molecule has 29 heavy (non-hydrogen) atoms. The van der Waals surface area contributed by atoms with E-state index in [1.165, 1.54) is 0 Å². The lowest BCUT2D eigenvalue weighted by Crippen LogP contribution is -2.31. The van der Waals surface area contributed by atoms with E-state index in [1.807, 2.05) is 35.8 Å². The number of nitrogens with one attached hydrogen (secondary N) is 1. The van der Waals surface area contributed by atoms with Crippen LogP contribution >= 0.6 is 0 Å². The molecule has 150 valence electrons. The molecule has 1 aliphatic heterocycles. The van der Waals surface area contributed by atoms with E-state index >= 15 is 0 Å². The van der Waals surface area contributed by atoms with Crippen LogP contribution in [0.1, 0.15) is 47.4 Å². The zero-order chi connectivity index (χ0) is 20.7. The van der Waals surface area contributed by atoms with Crippen LogP contribution in [0, 0.1) is 0 Å². The zero-order valence-corrected chi connectivity index (χ0v) is 17.0. The van der Waals surface area contributed by atoms with Crippen LogP contribution in [0.15, 0.2) is 47.4 Å². The smallest absolute Gasteiger partial charge is 0.257 e. The fraction of sp³-hybridized carbons (Fsp3) is 0.304. The lowest BCUT2D eigenvalue weighted by atomic mass is 10.1. The average molecular weight is 392 g/mol. The first-order valence-electron chi connectivity index (χ1n) is 9.64. The van der Waals surface area contributed by atoms with Crippen molar-refractivity contribution in [1.29, 1.82) is 0 Å². The summed E-state index contributed by atoms with van der Waals surface area (Å²) in [5, 5.41) is 3.54. The number of amides is 1. The van der Waals surface area contributed by atoms with Gasteiger partial charge in [0.05, 0.1) is 25.8 Å². The van der Waals surface area contributed by atoms with E-state index in [9.17, 15) is 9.59 Å². The highest BCUT2D eigenvalue weighted by Crippen LogP contribution is 2.32. The molecule has 1 aliphatic rings. The monoisotopic (exact) mass is 392 g/mol. The Labute approximate surface area is 169 Å². The molecule has 1 amide bonds. The second kappa shape index (κ2) is 7.28. The zero-order valence-electron chi connectivity index (χ0n) is 17.0. The molecule has 0 fully saturated rings. The SMILES string of the molecule is COc1ccc([C@H](C)NC(=O)c2cn3c4c(cccc4c2=O)C[C@@H]3C)cc1OC. The van der Waals surface area contributed by atoms with Gasteiger partial charge < -0.3 is 19.4 Å². The first-order chi connectivity index (χ1) is 13.9. The van der Waals surface area contributed by atoms with Crippen LogP contribution in [-0.4, -0.2) is 24.7 Å². The summed E-state index contributed by atoms with van der Waals surface area (Å²) >= 11 is 0. The fourth-order valence-electron chi connectivity index (χ4n) is 4.06. The Bertz CT molecular complexity index is 1170. The van der Waals surface area contributed by atoms with Crippen molar-refractivity contribution in [3.05, 3.63) is 69.5 Å². The van der Waals surface area contributed by atoms with Crippen LogP contribution in [0.4, 0.5) is 0 Å². The van der Waals surface area contributed by atoms with E-state index in [0.29, 0.717) is 16.9 Å². The molecule has 6 heteroatoms. The van der Waals surface area contributed by atoms with Crippen molar-refractivity contribution in [2.45, 2.75) is 32.4 Å². The quantitative estimate of drug-likeness (QED) is 0.720. The maximum absolute atomic E-state index is 13.0. The van der Waals surface area contributed by atoms with Crippen molar-refractivity contribution in [2.75, 3.05) is 14.2 Å². The van der Waals surface area contributed by atoms with E-state index in [-0.39, 0.29) is 29.0 Å². The van der Waals surface area contributed by atoms with E-state index in [0.717, 1.165) is 23.1 Å². The predicted octanol–water partition coefficient (Wildman–Crippen LogP) is 3.63. The first kappa shape index (κ1) is 19.1. The van der Waals surface area contributed by atoms with Gasteiger partial charge in [0, 0.05) is 17.6 Å². The van der Waals surface area contributed by atoms with Crippen molar-refractivity contribution in [1.82, 2.24) is 9.88 Å². The second-order valence-corrected chi connectivity index (χ2v) is 7.46. The summed E-state index contributed by atoms with van der Waals surface area (Å²) < 4.78 is 12.6. The molecule has 2 atom stereocenters. The number of methoxy groups -OCH3 is 2. The third-order valence-corrected chi connectivity index (χ3v) is 5.63. The van der Waals surface area contributed by atoms with Crippen molar-refractivity contribution in [2.24, 2.45) is 0 Å². The summed E-state index contributed by atoms with van der Waals surface area (Å²) in [7, 11) is 3.14. The number of hydrogen-bond acceptors (Lipinski definition) is 4. The molecule has 1 aromatic heterocycles. The molecular formula is C23H24N2O4. The van der Waals surface area contributed by atoms with Crippen molar-refractivity contribution < 1.29 is 14.3 Å². The highest BCUT2D eigenvalue weighted by Gasteiger charge is 2.25. The number of benzene rings is 2. The minimum Gasteiger partial charge on any atom is -0.493 e. The topological polar surface area (TPSA) is 69.6 Å². The third kappa shape index (κ3) is 3.14. The average Bonchev–Trinajstić information content (AvgIpc) is 3.05. The van der Waals surface area contributed by atoms with Gasteiger partial charge in [0.1, 0.15) is 5.56 Å². The van der Waals surface area contributed by atoms with Gasteiger partial charge in [0.25, 0.3) is 5.91 Å². The summed E-state index contributed by atoms with van der Waals surface area (Å²) in [6, 6.07) is 11.1. The van der Waals surface area contributed by atoms with Crippen LogP contribution in [0.2, 0.25) is 0 Å². The maximum atomic E-state index is 13.0. The highest BCUT2D eigenvalue weighted by atomic mass is 16.5. The maximum Gasteiger partial charge on any atom is 0.257 e. The Kier molecular flexibility index (Phi) is 4.78. The van der Waals surface area contributed by atoms with Gasteiger partial charge in [0.2, 0.25) is 5.43 Å². The van der Waals surface area contributed by atoms with E-state index < -0.39 is 0 Å². The summed E-state index contributed by atoms with van der Waals surface area (Å²) in [6.07, 6.45) is 2.56. The minimum absolute atomic E-state index is 0.163. The number of carbonyl (C=O) groups is 1. The normalized spacial score (nSPS) is 15.9. The molecule has 0 saturated heterocycles. The number of carbonyl (C=O) groups excluding carboxylic acids is 1. The third-order valence-electron chi connectivity index (χ3n) is 5.63. The number of aromatic nitrogens is 1. The molecule has 0 spiro atoms. The fourth-order valence-corrected chi connectivity index (χ4v) is 4.06. The van der Waals surface area contributed by atoms with Crippen LogP contribution < -0.4 is 20.2 Å². The van der Waals surface area contributed by atoms with E-state index in [2.05, 4.69) is 12.2 Å². The molecule has 0 aliphatic carbocycles. The van der Waals surface area contributed by atoms with Crippen LogP contribution in [0.25, 0.3) is 10.9 Å². The Morgan fingerprint density at radius 3 is 2.66 bits per heavy atom. The van der Waals surface area contributed by atoms with Gasteiger partial charge in [-0.1, -0.05) is 18.2 Å². The molecule has 2 heterocycles. The lowest BCUT2D eigenvalue weighted by Gasteiger charge is -2.17. The number of rotatable bonds is 5. The molecule has 0 unspecified atom stereocenters. The molecule has 6 nitrogen and oxygen atoms in total. The number of pyridine rings is 1. The van der Waals surface area contributed by atoms with Crippen molar-refractivity contribution in [3.8, 4) is 11.5 Å². The van der Waals surface area contributed by atoms with Crippen molar-refractivity contribution >= 4 is 16.8 Å². The van der Waals surface area contributed by atoms with Gasteiger partial charge in [-0.3, -0.25) is 9.59 Å². The Morgan fingerprint density at radius 1 is 1.17 bits per heavy atom. The Morgan fingerprint density at radius 2 is 1.93 bits per heavy atom. The van der Waals surface area contributed by atoms with Gasteiger partial charge in [-0.25, -0.2) is 0 Å². The molecular weight excluding hydrogens is 368 g/mol. The molecule has 2 aromatic carbocycles. The van der Waals surface area contributed by atoms with Crippen LogP contribution in [-0.2, 0) is 6.42 Å². The largest absolute Gasteiger partial charge is 0.493 e. The first-order valence-corrected chi connectivity index (χ1v) is 9.64. The van der Waals surface area contributed by atoms with Gasteiger partial charge in [-0.2, -0.15) is 0 Å². The Balaban J connectivity index is 1.67. The molecule has 1 N–H and O–H groups in total. The number of para-hydroxylation sites is 1. The van der Waals surface area contributed by atoms with Gasteiger partial charge in [0.15, 0.2) is 11.5 Å². The van der Waals surface area contributed by atoms with Gasteiger partial charge in [-0.15, -0.1) is 0 Å². The van der Waals surface area contributed by atoms with Crippen LogP contribution in [0.5, 0.6) is 11.5 Å². The summed E-state index contributed by atoms with van der Waals surface area (Å²) in [5.41, 5.74) is 2.88. The number of hydrogen-bond donors (Lipinski definition) is 1. The van der Waals surface area contributed by atoms with E-state index in [1.54, 1.807) is 32.5 Å². The summed E-state index contributed by atoms with van der Waals surface area (Å²) in [6.45, 7) is 3.97. The lowest BCUT2D eigenvalue weighted by molar-refractivity contribution is 0.0938. The summed E-state index contributed by atoms with van der Waals surface area (Å²) in [4.78, 5) is 26.0. The Hall–Kier alpha value is -3.28. The highest BCUT2D eigenvalue weighted by molar-refractivity contribution is 5.98. The van der Waals surface area contributed by atoms with Crippen LogP contribution in [0.3, 0.4) is 0 Å². The standard InChI is InChI=1S/C23H24N2O4/c1-13-10-16-6-5-7-17-21(16)25(13)12-18(22(17)26)23(27)24-14(2)15-8-9-19(28-3)20(11-15)29-4/h5-9,11-14H,10H2,1-4H3,(H,24,27)/t13-,14-/m0/s1. The predicted molar refractivity (Wildman–Crippen MR) is 112 cm³/mol. The van der Waals surface area contributed by atoms with E-state index in [4.69, 9.17) is 9.47 Å². The number of ether oxygens (including phenoxy) is 2. The van der Waals surface area contributed by atoms with Gasteiger partial charge >= 0.3 is 0 Å². The molecule has 0 bridgehead atoms. The molecule has 0 saturated carbocycles. The molecule has 3 aromatic rings.